The van der Waals surface area contributed by atoms with Gasteiger partial charge in [-0.1, -0.05) is 0 Å². The molecule has 0 spiro atoms. The minimum atomic E-state index is -1.50. The summed E-state index contributed by atoms with van der Waals surface area (Å²) in [7, 11) is -1.50. The second kappa shape index (κ2) is 6.28. The highest BCUT2D eigenvalue weighted by atomic mass is 31.1. The first-order valence-corrected chi connectivity index (χ1v) is 4.73. The third-order valence-electron chi connectivity index (χ3n) is 1.06. The Morgan fingerprint density at radius 1 is 1.64 bits per heavy atom. The molecule has 64 valence electrons. The molecule has 0 aliphatic heterocycles. The molecule has 4 nitrogen and oxygen atoms in total. The standard InChI is InChI=1S/C6H12NO3P/c1-11(9)10-5-3-2-4-6(7)8/h1-5H2,(H2-,7,8,9)/p+1. The quantitative estimate of drug-likeness (QED) is 0.456. The van der Waals surface area contributed by atoms with Crippen molar-refractivity contribution < 1.29 is 14.2 Å². The molecular weight excluding hydrogens is 165 g/mol. The molecule has 0 aromatic rings. The summed E-state index contributed by atoms with van der Waals surface area (Å²) in [6.45, 7) is 0.443. The van der Waals surface area contributed by atoms with E-state index in [-0.39, 0.29) is 5.91 Å². The molecule has 0 aliphatic rings. The topological polar surface area (TPSA) is 72.6 Å². The zero-order valence-corrected chi connectivity index (χ0v) is 7.22. The first-order valence-electron chi connectivity index (χ1n) is 3.33. The zero-order valence-electron chi connectivity index (χ0n) is 6.32. The van der Waals surface area contributed by atoms with Crippen LogP contribution in [0.3, 0.4) is 0 Å². The molecule has 5 heteroatoms. The van der Waals surface area contributed by atoms with Crippen LogP contribution in [0, 0.1) is 0 Å². The number of unbranched alkanes of at least 4 members (excludes halogenated alkanes) is 1. The summed E-state index contributed by atoms with van der Waals surface area (Å²) in [6, 6.07) is 0. The highest BCUT2D eigenvalue weighted by molar-refractivity contribution is 7.44. The van der Waals surface area contributed by atoms with Crippen LogP contribution in [0.4, 0.5) is 0 Å². The molecule has 1 unspecified atom stereocenters. The van der Waals surface area contributed by atoms with E-state index in [1.54, 1.807) is 0 Å². The van der Waals surface area contributed by atoms with Crippen LogP contribution in [-0.2, 0) is 9.32 Å². The van der Waals surface area contributed by atoms with Gasteiger partial charge in [0.25, 0.3) is 0 Å². The third-order valence-corrected chi connectivity index (χ3v) is 1.54. The predicted molar refractivity (Wildman–Crippen MR) is 45.3 cm³/mol. The molecule has 0 rings (SSSR count). The maximum Gasteiger partial charge on any atom is 0.420 e. The number of hydrogen-bond acceptors (Lipinski definition) is 3. The highest BCUT2D eigenvalue weighted by Crippen LogP contribution is 2.14. The van der Waals surface area contributed by atoms with Crippen molar-refractivity contribution in [1.82, 2.24) is 0 Å². The van der Waals surface area contributed by atoms with Crippen molar-refractivity contribution in [2.75, 3.05) is 6.61 Å². The first kappa shape index (κ1) is 10.6. The molecule has 0 heterocycles. The monoisotopic (exact) mass is 178 g/mol. The Labute approximate surface area is 66.9 Å². The Bertz CT molecular complexity index is 133. The summed E-state index contributed by atoms with van der Waals surface area (Å²) in [6.07, 6.45) is 5.10. The average molecular weight is 178 g/mol. The molecular formula is C6H13NO3P+. The molecule has 0 bridgehead atoms. The molecule has 11 heavy (non-hydrogen) atoms. The van der Waals surface area contributed by atoms with Gasteiger partial charge in [-0.25, -0.2) is 0 Å². The number of primary amides is 1. The molecule has 1 atom stereocenters. The van der Waals surface area contributed by atoms with E-state index in [1.165, 1.54) is 0 Å². The summed E-state index contributed by atoms with van der Waals surface area (Å²) in [4.78, 5) is 18.8. The normalized spacial score (nSPS) is 11.2. The number of amides is 1. The molecule has 0 fully saturated rings. The van der Waals surface area contributed by atoms with Crippen LogP contribution in [0.15, 0.2) is 0 Å². The molecule has 0 saturated carbocycles. The van der Waals surface area contributed by atoms with Gasteiger partial charge in [0.15, 0.2) is 0 Å². The maximum absolute atomic E-state index is 10.2. The van der Waals surface area contributed by atoms with Crippen molar-refractivity contribution in [2.24, 2.45) is 5.73 Å². The fourth-order valence-corrected chi connectivity index (χ4v) is 0.911. The van der Waals surface area contributed by atoms with Crippen LogP contribution >= 0.6 is 8.00 Å². The lowest BCUT2D eigenvalue weighted by molar-refractivity contribution is -0.118. The van der Waals surface area contributed by atoms with Gasteiger partial charge < -0.3 is 5.73 Å². The minimum absolute atomic E-state index is 0.300. The van der Waals surface area contributed by atoms with Gasteiger partial charge in [0.1, 0.15) is 12.9 Å². The van der Waals surface area contributed by atoms with E-state index in [4.69, 9.17) is 15.2 Å². The Kier molecular flexibility index (Phi) is 6.03. The second-order valence-corrected chi connectivity index (χ2v) is 3.07. The van der Waals surface area contributed by atoms with Gasteiger partial charge in [-0.05, 0) is 12.8 Å². The van der Waals surface area contributed by atoms with Gasteiger partial charge in [0.05, 0.1) is 0 Å². The maximum atomic E-state index is 10.2. The van der Waals surface area contributed by atoms with Gasteiger partial charge in [0, 0.05) is 6.42 Å². The van der Waals surface area contributed by atoms with E-state index >= 15 is 0 Å². The number of carbonyl (C=O) groups is 1. The lowest BCUT2D eigenvalue weighted by Gasteiger charge is -1.92. The number of hydrogen-bond donors (Lipinski definition) is 2. The van der Waals surface area contributed by atoms with Crippen LogP contribution in [0.25, 0.3) is 0 Å². The van der Waals surface area contributed by atoms with Gasteiger partial charge in [-0.15, -0.1) is 0 Å². The van der Waals surface area contributed by atoms with Crippen molar-refractivity contribution in [3.63, 3.8) is 0 Å². The van der Waals surface area contributed by atoms with E-state index in [1.807, 2.05) is 0 Å². The van der Waals surface area contributed by atoms with Crippen LogP contribution in [0.5, 0.6) is 0 Å². The van der Waals surface area contributed by atoms with E-state index < -0.39 is 8.00 Å². The Hall–Kier alpha value is -0.440. The largest absolute Gasteiger partial charge is 0.420 e. The molecule has 0 saturated heterocycles. The van der Waals surface area contributed by atoms with Crippen molar-refractivity contribution in [3.05, 3.63) is 0 Å². The predicted octanol–water partition coefficient (Wildman–Crippen LogP) is 0.395. The average Bonchev–Trinajstić information content (AvgIpc) is 1.85. The SMILES string of the molecule is C=[P+](O)OCCCCC(N)=O. The molecule has 0 aromatic heterocycles. The summed E-state index contributed by atoms with van der Waals surface area (Å²) < 4.78 is 4.78. The Morgan fingerprint density at radius 3 is 2.73 bits per heavy atom. The summed E-state index contributed by atoms with van der Waals surface area (Å²) in [5.74, 6) is -0.300. The van der Waals surface area contributed by atoms with Gasteiger partial charge in [-0.2, -0.15) is 9.42 Å². The van der Waals surface area contributed by atoms with Crippen molar-refractivity contribution in [1.29, 1.82) is 0 Å². The van der Waals surface area contributed by atoms with Crippen LogP contribution < -0.4 is 5.73 Å². The number of nitrogens with two attached hydrogens (primary N) is 1. The molecule has 3 N–H and O–H groups in total. The summed E-state index contributed by atoms with van der Waals surface area (Å²) in [5, 5.41) is 0. The van der Waals surface area contributed by atoms with Crippen molar-refractivity contribution in [3.8, 4) is 0 Å². The van der Waals surface area contributed by atoms with Gasteiger partial charge in [-0.3, -0.25) is 4.79 Å². The Balaban J connectivity index is 3.03. The minimum Gasteiger partial charge on any atom is -0.370 e. The summed E-state index contributed by atoms with van der Waals surface area (Å²) in [5.41, 5.74) is 4.90. The van der Waals surface area contributed by atoms with Crippen molar-refractivity contribution >= 4 is 20.2 Å². The van der Waals surface area contributed by atoms with E-state index in [0.717, 1.165) is 6.42 Å². The van der Waals surface area contributed by atoms with Crippen molar-refractivity contribution in [2.45, 2.75) is 19.3 Å². The third kappa shape index (κ3) is 9.56. The fourth-order valence-electron chi connectivity index (χ4n) is 0.571. The lowest BCUT2D eigenvalue weighted by Crippen LogP contribution is -2.09. The fraction of sp³-hybridized carbons (Fsp3) is 0.667. The van der Waals surface area contributed by atoms with E-state index in [0.29, 0.717) is 19.4 Å². The first-order chi connectivity index (χ1) is 5.13. The van der Waals surface area contributed by atoms with E-state index in [2.05, 4.69) is 6.30 Å². The number of carbonyl (C=O) groups excluding carboxylic acids is 1. The highest BCUT2D eigenvalue weighted by Gasteiger charge is 2.01. The molecule has 1 amide bonds. The smallest absolute Gasteiger partial charge is 0.370 e. The molecule has 0 radical (unpaired) electrons. The lowest BCUT2D eigenvalue weighted by atomic mass is 10.2. The van der Waals surface area contributed by atoms with Gasteiger partial charge in [0.2, 0.25) is 5.91 Å². The van der Waals surface area contributed by atoms with Gasteiger partial charge >= 0.3 is 8.00 Å². The Morgan fingerprint density at radius 2 is 2.27 bits per heavy atom. The summed E-state index contributed by atoms with van der Waals surface area (Å²) >= 11 is 0. The molecule has 0 aliphatic carbocycles. The second-order valence-electron chi connectivity index (χ2n) is 2.11. The van der Waals surface area contributed by atoms with Crippen LogP contribution in [0.2, 0.25) is 0 Å². The zero-order chi connectivity index (χ0) is 8.69. The molecule has 0 aromatic carbocycles. The van der Waals surface area contributed by atoms with E-state index in [9.17, 15) is 4.79 Å². The van der Waals surface area contributed by atoms with Crippen LogP contribution in [-0.4, -0.2) is 23.7 Å². The van der Waals surface area contributed by atoms with Crippen LogP contribution in [0.1, 0.15) is 19.3 Å². The number of rotatable bonds is 6.